The van der Waals surface area contributed by atoms with E-state index >= 15 is 0 Å². The van der Waals surface area contributed by atoms with Gasteiger partial charge in [-0.1, -0.05) is 11.6 Å². The Hall–Kier alpha value is -1.58. The fourth-order valence-corrected chi connectivity index (χ4v) is 5.86. The van der Waals surface area contributed by atoms with E-state index in [0.717, 1.165) is 6.54 Å². The first kappa shape index (κ1) is 15.7. The Morgan fingerprint density at radius 2 is 2.04 bits per heavy atom. The Labute approximate surface area is 154 Å². The van der Waals surface area contributed by atoms with Crippen molar-refractivity contribution in [3.05, 3.63) is 56.9 Å². The van der Waals surface area contributed by atoms with Crippen LogP contribution in [0, 0.1) is 13.8 Å². The van der Waals surface area contributed by atoms with E-state index in [2.05, 4.69) is 53.0 Å². The van der Waals surface area contributed by atoms with Gasteiger partial charge < -0.3 is 4.57 Å². The minimum atomic E-state index is 0.598. The molecule has 130 valence electrons. The molecule has 2 aromatic heterocycles. The first-order chi connectivity index (χ1) is 12.2. The van der Waals surface area contributed by atoms with Gasteiger partial charge in [-0.25, -0.2) is 0 Å². The summed E-state index contributed by atoms with van der Waals surface area (Å²) in [5, 5.41) is 3.77. The third kappa shape index (κ3) is 2.48. The molecule has 0 radical (unpaired) electrons. The van der Waals surface area contributed by atoms with Gasteiger partial charge in [0, 0.05) is 41.1 Å². The van der Waals surface area contributed by atoms with Gasteiger partial charge in [-0.2, -0.15) is 0 Å². The quantitative estimate of drug-likeness (QED) is 0.584. The first-order valence-electron chi connectivity index (χ1n) is 9.61. The standard InChI is InChI=1S/C22H26N2S/c1-15-7-8-19-18(13-15)17-5-3-6-20-22(17)24(19)11-4-10-23(20)14-21-16(2)9-12-25-21/h7-9,12-13,20H,3-6,10-11,14H2,1-2H3. The van der Waals surface area contributed by atoms with Crippen LogP contribution in [0.5, 0.6) is 0 Å². The molecular formula is C22H26N2S. The van der Waals surface area contributed by atoms with Gasteiger partial charge in [-0.15, -0.1) is 11.3 Å². The predicted molar refractivity (Wildman–Crippen MR) is 106 cm³/mol. The largest absolute Gasteiger partial charge is 0.343 e. The lowest BCUT2D eigenvalue weighted by Crippen LogP contribution is -2.30. The van der Waals surface area contributed by atoms with E-state index in [-0.39, 0.29) is 0 Å². The maximum Gasteiger partial charge on any atom is 0.0507 e. The van der Waals surface area contributed by atoms with Gasteiger partial charge in [0.2, 0.25) is 0 Å². The summed E-state index contributed by atoms with van der Waals surface area (Å²) < 4.78 is 2.66. The molecule has 0 amide bonds. The number of aryl methyl sites for hydroxylation is 4. The number of hydrogen-bond donors (Lipinski definition) is 0. The summed E-state index contributed by atoms with van der Waals surface area (Å²) in [5.74, 6) is 0. The maximum absolute atomic E-state index is 2.77. The summed E-state index contributed by atoms with van der Waals surface area (Å²) >= 11 is 1.92. The number of thiophene rings is 1. The van der Waals surface area contributed by atoms with Crippen molar-refractivity contribution in [2.45, 2.75) is 58.7 Å². The normalized spacial score (nSPS) is 20.6. The van der Waals surface area contributed by atoms with E-state index < -0.39 is 0 Å². The van der Waals surface area contributed by atoms with Crippen LogP contribution in [0.15, 0.2) is 29.6 Å². The number of rotatable bonds is 2. The fraction of sp³-hybridized carbons (Fsp3) is 0.455. The van der Waals surface area contributed by atoms with Crippen LogP contribution in [0.25, 0.3) is 10.9 Å². The molecule has 1 atom stereocenters. The number of benzene rings is 1. The monoisotopic (exact) mass is 350 g/mol. The zero-order valence-corrected chi connectivity index (χ0v) is 16.0. The molecule has 1 aromatic carbocycles. The van der Waals surface area contributed by atoms with Crippen LogP contribution < -0.4 is 0 Å². The van der Waals surface area contributed by atoms with Crippen molar-refractivity contribution < 1.29 is 0 Å². The Bertz CT molecular complexity index is 929. The number of fused-ring (bicyclic) bond motifs is 3. The summed E-state index contributed by atoms with van der Waals surface area (Å²) in [6.07, 6.45) is 5.15. The average Bonchev–Trinajstić information content (AvgIpc) is 3.08. The highest BCUT2D eigenvalue weighted by atomic mass is 32.1. The molecule has 0 saturated carbocycles. The predicted octanol–water partition coefficient (Wildman–Crippen LogP) is 5.60. The van der Waals surface area contributed by atoms with Gasteiger partial charge in [0.1, 0.15) is 0 Å². The molecular weight excluding hydrogens is 324 g/mol. The highest BCUT2D eigenvalue weighted by molar-refractivity contribution is 7.10. The van der Waals surface area contributed by atoms with Crippen molar-refractivity contribution in [1.82, 2.24) is 9.47 Å². The van der Waals surface area contributed by atoms with Crippen molar-refractivity contribution in [2.24, 2.45) is 0 Å². The van der Waals surface area contributed by atoms with Crippen LogP contribution >= 0.6 is 11.3 Å². The van der Waals surface area contributed by atoms with Crippen molar-refractivity contribution in [3.8, 4) is 0 Å². The minimum Gasteiger partial charge on any atom is -0.343 e. The van der Waals surface area contributed by atoms with Gasteiger partial charge in [-0.3, -0.25) is 4.90 Å². The van der Waals surface area contributed by atoms with Crippen LogP contribution in [-0.4, -0.2) is 16.0 Å². The summed E-state index contributed by atoms with van der Waals surface area (Å²) in [6.45, 7) is 7.99. The second-order valence-corrected chi connectivity index (χ2v) is 8.80. The second kappa shape index (κ2) is 6.00. The van der Waals surface area contributed by atoms with Gasteiger partial charge in [0.15, 0.2) is 0 Å². The lowest BCUT2D eigenvalue weighted by atomic mass is 9.90. The van der Waals surface area contributed by atoms with Crippen LogP contribution in [0.3, 0.4) is 0 Å². The topological polar surface area (TPSA) is 8.17 Å². The molecule has 3 heteroatoms. The smallest absolute Gasteiger partial charge is 0.0507 e. The Balaban J connectivity index is 1.63. The van der Waals surface area contributed by atoms with E-state index in [0.29, 0.717) is 6.04 Å². The molecule has 2 aliphatic rings. The third-order valence-electron chi connectivity index (χ3n) is 6.17. The third-order valence-corrected chi connectivity index (χ3v) is 7.18. The first-order valence-corrected chi connectivity index (χ1v) is 10.5. The van der Waals surface area contributed by atoms with E-state index in [1.54, 1.807) is 16.1 Å². The number of aromatic nitrogens is 1. The molecule has 0 saturated heterocycles. The Morgan fingerprint density at radius 3 is 2.88 bits per heavy atom. The Kier molecular flexibility index (Phi) is 3.76. The van der Waals surface area contributed by atoms with E-state index in [9.17, 15) is 0 Å². The lowest BCUT2D eigenvalue weighted by molar-refractivity contribution is 0.175. The molecule has 0 N–H and O–H groups in total. The molecule has 2 nitrogen and oxygen atoms in total. The summed E-state index contributed by atoms with van der Waals surface area (Å²) in [6, 6.07) is 9.93. The molecule has 1 unspecified atom stereocenters. The summed E-state index contributed by atoms with van der Waals surface area (Å²) in [7, 11) is 0. The number of nitrogens with zero attached hydrogens (tertiary/aromatic N) is 2. The molecule has 0 spiro atoms. The molecule has 0 bridgehead atoms. The van der Waals surface area contributed by atoms with Gasteiger partial charge >= 0.3 is 0 Å². The Morgan fingerprint density at radius 1 is 1.12 bits per heavy atom. The van der Waals surface area contributed by atoms with Gasteiger partial charge in [0.05, 0.1) is 6.04 Å². The molecule has 3 heterocycles. The van der Waals surface area contributed by atoms with Crippen LogP contribution in [0.4, 0.5) is 0 Å². The summed E-state index contributed by atoms with van der Waals surface area (Å²) in [4.78, 5) is 4.32. The van der Waals surface area contributed by atoms with E-state index in [1.165, 1.54) is 60.8 Å². The maximum atomic E-state index is 2.77. The van der Waals surface area contributed by atoms with Crippen LogP contribution in [-0.2, 0) is 19.5 Å². The zero-order valence-electron chi connectivity index (χ0n) is 15.2. The highest BCUT2D eigenvalue weighted by Crippen LogP contribution is 2.43. The SMILES string of the molecule is Cc1ccc2c(c1)c1c3n2CCCN(Cc2sccc2C)C3CCC1. The zero-order chi connectivity index (χ0) is 17.0. The van der Waals surface area contributed by atoms with Gasteiger partial charge in [0.25, 0.3) is 0 Å². The van der Waals surface area contributed by atoms with Crippen molar-refractivity contribution in [3.63, 3.8) is 0 Å². The van der Waals surface area contributed by atoms with Crippen molar-refractivity contribution in [1.29, 1.82) is 0 Å². The number of hydrogen-bond acceptors (Lipinski definition) is 2. The second-order valence-electron chi connectivity index (χ2n) is 7.79. The average molecular weight is 351 g/mol. The van der Waals surface area contributed by atoms with Crippen molar-refractivity contribution >= 4 is 22.2 Å². The molecule has 25 heavy (non-hydrogen) atoms. The van der Waals surface area contributed by atoms with Crippen LogP contribution in [0.1, 0.15) is 52.6 Å². The van der Waals surface area contributed by atoms with Crippen molar-refractivity contribution in [2.75, 3.05) is 6.54 Å². The minimum absolute atomic E-state index is 0.598. The van der Waals surface area contributed by atoms with E-state index in [4.69, 9.17) is 0 Å². The highest BCUT2D eigenvalue weighted by Gasteiger charge is 2.33. The van der Waals surface area contributed by atoms with Gasteiger partial charge in [-0.05, 0) is 74.2 Å². The molecule has 1 aliphatic heterocycles. The fourth-order valence-electron chi connectivity index (χ4n) is 4.93. The summed E-state index contributed by atoms with van der Waals surface area (Å²) in [5.41, 5.74) is 7.60. The molecule has 3 aromatic rings. The van der Waals surface area contributed by atoms with Crippen LogP contribution in [0.2, 0.25) is 0 Å². The van der Waals surface area contributed by atoms with E-state index in [1.807, 2.05) is 11.3 Å². The molecule has 0 fully saturated rings. The lowest BCUT2D eigenvalue weighted by Gasteiger charge is -2.33. The molecule has 1 aliphatic carbocycles. The molecule has 5 rings (SSSR count).